The number of rotatable bonds is 9. The van der Waals surface area contributed by atoms with Crippen LogP contribution in [0.4, 0.5) is 5.82 Å². The molecule has 0 fully saturated rings. The van der Waals surface area contributed by atoms with Gasteiger partial charge < -0.3 is 9.64 Å². The Hall–Kier alpha value is -4.40. The number of hydrogen-bond acceptors (Lipinski definition) is 8. The number of tetrazole rings is 1. The zero-order valence-corrected chi connectivity index (χ0v) is 20.0. The van der Waals surface area contributed by atoms with E-state index < -0.39 is 5.97 Å². The Labute approximate surface area is 203 Å². The first kappa shape index (κ1) is 23.7. The normalized spacial score (nSPS) is 11.1. The zero-order chi connectivity index (χ0) is 24.6. The van der Waals surface area contributed by atoms with Crippen molar-refractivity contribution < 1.29 is 9.53 Å². The summed E-state index contributed by atoms with van der Waals surface area (Å²) in [4.78, 5) is 23.4. The van der Waals surface area contributed by atoms with Crippen LogP contribution in [0.2, 0.25) is 0 Å². The van der Waals surface area contributed by atoms with Crippen molar-refractivity contribution in [3.8, 4) is 22.5 Å². The van der Waals surface area contributed by atoms with Crippen LogP contribution in [0.3, 0.4) is 0 Å². The summed E-state index contributed by atoms with van der Waals surface area (Å²) in [6, 6.07) is 16.2. The number of esters is 1. The highest BCUT2D eigenvalue weighted by atomic mass is 16.5. The molecule has 9 heteroatoms. The number of carbonyl (C=O) groups is 1. The molecule has 2 aromatic carbocycles. The number of aromatic amines is 1. The van der Waals surface area contributed by atoms with E-state index in [1.807, 2.05) is 55.2 Å². The van der Waals surface area contributed by atoms with Gasteiger partial charge in [-0.3, -0.25) is 0 Å². The first-order chi connectivity index (χ1) is 17.1. The van der Waals surface area contributed by atoms with Crippen LogP contribution < -0.4 is 4.90 Å². The number of nitrogens with zero attached hydrogens (tertiary/aromatic N) is 6. The Morgan fingerprint density at radius 2 is 1.89 bits per heavy atom. The van der Waals surface area contributed by atoms with Crippen molar-refractivity contribution >= 4 is 11.8 Å². The van der Waals surface area contributed by atoms with E-state index in [0.717, 1.165) is 22.3 Å². The molecule has 178 valence electrons. The van der Waals surface area contributed by atoms with Crippen molar-refractivity contribution in [2.75, 3.05) is 18.1 Å². The second-order valence-electron chi connectivity index (χ2n) is 7.80. The zero-order valence-electron chi connectivity index (χ0n) is 20.0. The lowest BCUT2D eigenvalue weighted by Gasteiger charge is -2.24. The van der Waals surface area contributed by atoms with Crippen LogP contribution in [0, 0.1) is 6.92 Å². The molecule has 4 rings (SSSR count). The van der Waals surface area contributed by atoms with Gasteiger partial charge in [-0.15, -0.1) is 10.2 Å². The molecule has 0 aliphatic carbocycles. The Kier molecular flexibility index (Phi) is 7.57. The van der Waals surface area contributed by atoms with Crippen LogP contribution in [-0.2, 0) is 11.3 Å². The number of allylic oxidation sites excluding steroid dienone is 1. The second-order valence-corrected chi connectivity index (χ2v) is 7.80. The third-order valence-electron chi connectivity index (χ3n) is 5.40. The average Bonchev–Trinajstić information content (AvgIpc) is 3.42. The molecule has 0 spiro atoms. The molecule has 0 amide bonds. The minimum absolute atomic E-state index is 0.286. The largest absolute Gasteiger partial charge is 0.462 e. The van der Waals surface area contributed by atoms with Gasteiger partial charge in [-0.1, -0.05) is 60.7 Å². The summed E-state index contributed by atoms with van der Waals surface area (Å²) in [7, 11) is 0. The maximum Gasteiger partial charge on any atom is 0.343 e. The number of aromatic nitrogens is 6. The van der Waals surface area contributed by atoms with Crippen molar-refractivity contribution in [3.63, 3.8) is 0 Å². The van der Waals surface area contributed by atoms with Crippen molar-refractivity contribution in [1.82, 2.24) is 30.6 Å². The molecule has 0 aliphatic rings. The molecule has 4 aromatic rings. The van der Waals surface area contributed by atoms with Gasteiger partial charge in [0.25, 0.3) is 0 Å². The van der Waals surface area contributed by atoms with Gasteiger partial charge >= 0.3 is 5.97 Å². The van der Waals surface area contributed by atoms with E-state index >= 15 is 0 Å². The van der Waals surface area contributed by atoms with Crippen molar-refractivity contribution in [1.29, 1.82) is 0 Å². The molecule has 2 aromatic heterocycles. The van der Waals surface area contributed by atoms with Crippen LogP contribution >= 0.6 is 0 Å². The molecule has 0 radical (unpaired) electrons. The lowest BCUT2D eigenvalue weighted by molar-refractivity contribution is 0.0526. The molecule has 35 heavy (non-hydrogen) atoms. The Balaban J connectivity index is 1.64. The van der Waals surface area contributed by atoms with E-state index in [0.29, 0.717) is 36.1 Å². The van der Waals surface area contributed by atoms with Gasteiger partial charge in [0.2, 0.25) is 5.82 Å². The number of hydrogen-bond donors (Lipinski definition) is 1. The van der Waals surface area contributed by atoms with E-state index in [9.17, 15) is 4.79 Å². The average molecular weight is 470 g/mol. The molecule has 0 aliphatic heterocycles. The summed E-state index contributed by atoms with van der Waals surface area (Å²) in [5, 5.41) is 14.4. The molecule has 2 heterocycles. The fraction of sp³-hybridized carbons (Fsp3) is 0.231. The monoisotopic (exact) mass is 469 g/mol. The number of anilines is 1. The molecule has 1 N–H and O–H groups in total. The number of ether oxygens (including phenoxy) is 1. The SMILES string of the molecule is CC=CCN(Cc1ccc(-c2ccccc2-c2nn[nH]n2)cc1)c1nc(C)ncc1C(=O)OCC. The van der Waals surface area contributed by atoms with Gasteiger partial charge in [0.1, 0.15) is 17.2 Å². The Morgan fingerprint density at radius 3 is 2.57 bits per heavy atom. The third kappa shape index (κ3) is 5.57. The standard InChI is InChI=1S/C26H27N7O2/c1-4-6-15-33(25-23(26(34)35-5-2)16-27-18(3)28-25)17-19-11-13-20(14-12-19)21-9-7-8-10-22(21)24-29-31-32-30-24/h4,6-14,16H,5,15,17H2,1-3H3,(H,29,30,31,32). The highest BCUT2D eigenvalue weighted by Gasteiger charge is 2.20. The molecule has 0 saturated heterocycles. The summed E-state index contributed by atoms with van der Waals surface area (Å²) in [5.41, 5.74) is 4.38. The van der Waals surface area contributed by atoms with Crippen molar-refractivity contribution in [2.24, 2.45) is 0 Å². The van der Waals surface area contributed by atoms with E-state index in [1.54, 1.807) is 6.92 Å². The topological polar surface area (TPSA) is 110 Å². The quantitative estimate of drug-likeness (QED) is 0.284. The number of aryl methyl sites for hydroxylation is 1. The lowest BCUT2D eigenvalue weighted by atomic mass is 9.98. The van der Waals surface area contributed by atoms with Crippen LogP contribution in [0.1, 0.15) is 35.6 Å². The van der Waals surface area contributed by atoms with Gasteiger partial charge in [0, 0.05) is 24.8 Å². The molecule has 9 nitrogen and oxygen atoms in total. The van der Waals surface area contributed by atoms with E-state index in [-0.39, 0.29) is 6.61 Å². The van der Waals surface area contributed by atoms with Gasteiger partial charge in [0.15, 0.2) is 0 Å². The van der Waals surface area contributed by atoms with Gasteiger partial charge in [-0.2, -0.15) is 5.21 Å². The number of H-pyrrole nitrogens is 1. The molecule has 0 saturated carbocycles. The molecule has 0 unspecified atom stereocenters. The van der Waals surface area contributed by atoms with E-state index in [2.05, 4.69) is 54.9 Å². The van der Waals surface area contributed by atoms with Crippen molar-refractivity contribution in [3.05, 3.63) is 83.8 Å². The third-order valence-corrected chi connectivity index (χ3v) is 5.40. The van der Waals surface area contributed by atoms with E-state index in [4.69, 9.17) is 4.74 Å². The maximum absolute atomic E-state index is 12.6. The van der Waals surface area contributed by atoms with Crippen LogP contribution in [0.25, 0.3) is 22.5 Å². The van der Waals surface area contributed by atoms with E-state index in [1.165, 1.54) is 6.20 Å². The van der Waals surface area contributed by atoms with Gasteiger partial charge in [0.05, 0.1) is 6.61 Å². The summed E-state index contributed by atoms with van der Waals surface area (Å²) < 4.78 is 5.24. The number of benzene rings is 2. The van der Waals surface area contributed by atoms with Crippen LogP contribution in [0.15, 0.2) is 66.9 Å². The first-order valence-electron chi connectivity index (χ1n) is 11.4. The Bertz CT molecular complexity index is 1300. The first-order valence-corrected chi connectivity index (χ1v) is 11.4. The highest BCUT2D eigenvalue weighted by Crippen LogP contribution is 2.30. The highest BCUT2D eigenvalue weighted by molar-refractivity contribution is 5.94. The van der Waals surface area contributed by atoms with Crippen molar-refractivity contribution in [2.45, 2.75) is 27.3 Å². The molecular formula is C26H27N7O2. The smallest absolute Gasteiger partial charge is 0.343 e. The number of nitrogens with one attached hydrogen (secondary N) is 1. The Morgan fingerprint density at radius 1 is 1.11 bits per heavy atom. The van der Waals surface area contributed by atoms with Gasteiger partial charge in [-0.05, 0) is 42.7 Å². The predicted molar refractivity (Wildman–Crippen MR) is 134 cm³/mol. The van der Waals surface area contributed by atoms with Gasteiger partial charge in [-0.25, -0.2) is 14.8 Å². The predicted octanol–water partition coefficient (Wildman–Crippen LogP) is 4.39. The summed E-state index contributed by atoms with van der Waals surface area (Å²) in [6.07, 6.45) is 5.54. The summed E-state index contributed by atoms with van der Waals surface area (Å²) in [6.45, 7) is 6.98. The minimum Gasteiger partial charge on any atom is -0.462 e. The number of carbonyl (C=O) groups excluding carboxylic acids is 1. The fourth-order valence-electron chi connectivity index (χ4n) is 3.73. The fourth-order valence-corrected chi connectivity index (χ4v) is 3.73. The van der Waals surface area contributed by atoms with Crippen LogP contribution in [0.5, 0.6) is 0 Å². The van der Waals surface area contributed by atoms with Crippen LogP contribution in [-0.4, -0.2) is 49.7 Å². The molecule has 0 bridgehead atoms. The summed E-state index contributed by atoms with van der Waals surface area (Å²) >= 11 is 0. The lowest BCUT2D eigenvalue weighted by Crippen LogP contribution is -2.27. The second kappa shape index (κ2) is 11.1. The summed E-state index contributed by atoms with van der Waals surface area (Å²) in [5.74, 6) is 1.27. The minimum atomic E-state index is -0.429. The molecular weight excluding hydrogens is 442 g/mol. The molecule has 0 atom stereocenters. The maximum atomic E-state index is 12.6.